The molecule has 9 heteroatoms. The average molecular weight is 584 g/mol. The van der Waals surface area contributed by atoms with Gasteiger partial charge in [-0.2, -0.15) is 0 Å². The largest absolute Gasteiger partial charge is 0.444 e. The molecule has 1 aliphatic heterocycles. The third kappa shape index (κ3) is 7.48. The van der Waals surface area contributed by atoms with Crippen LogP contribution in [0.15, 0.2) is 72.8 Å². The maximum Gasteiger partial charge on any atom is 0.412 e. The van der Waals surface area contributed by atoms with Crippen LogP contribution in [0.25, 0.3) is 17.1 Å². The number of amides is 2. The third-order valence-electron chi connectivity index (χ3n) is 7.51. The molecule has 0 radical (unpaired) electrons. The molecule has 1 fully saturated rings. The molecule has 2 heterocycles. The number of carbonyl (C=O) groups excluding carboxylic acids is 2. The van der Waals surface area contributed by atoms with E-state index >= 15 is 0 Å². The molecule has 8 nitrogen and oxygen atoms in total. The number of aromatic amines is 1. The lowest BCUT2D eigenvalue weighted by Gasteiger charge is -2.20. The van der Waals surface area contributed by atoms with Crippen LogP contribution >= 0.6 is 0 Å². The van der Waals surface area contributed by atoms with Gasteiger partial charge in [-0.15, -0.1) is 0 Å². The van der Waals surface area contributed by atoms with Crippen LogP contribution < -0.4 is 10.6 Å². The van der Waals surface area contributed by atoms with Crippen molar-refractivity contribution in [1.82, 2.24) is 14.9 Å². The summed E-state index contributed by atoms with van der Waals surface area (Å²) in [5, 5.41) is 5.51. The summed E-state index contributed by atoms with van der Waals surface area (Å²) in [6, 6.07) is 20.2. The molecule has 0 saturated carbocycles. The van der Waals surface area contributed by atoms with Gasteiger partial charge in [0.05, 0.1) is 22.4 Å². The number of anilines is 2. The minimum atomic E-state index is -0.638. The van der Waals surface area contributed by atoms with Gasteiger partial charge in [0, 0.05) is 43.1 Å². The van der Waals surface area contributed by atoms with Gasteiger partial charge in [-0.25, -0.2) is 14.2 Å². The van der Waals surface area contributed by atoms with E-state index in [4.69, 9.17) is 9.72 Å². The molecule has 3 aromatic carbocycles. The number of fused-ring (bicyclic) bond motifs is 1. The fourth-order valence-corrected chi connectivity index (χ4v) is 5.36. The molecule has 3 N–H and O–H groups in total. The number of ether oxygens (including phenoxy) is 1. The molecule has 1 aromatic heterocycles. The molecule has 43 heavy (non-hydrogen) atoms. The zero-order valence-corrected chi connectivity index (χ0v) is 25.1. The lowest BCUT2D eigenvalue weighted by atomic mass is 9.88. The van der Waals surface area contributed by atoms with Gasteiger partial charge in [-0.05, 0) is 76.1 Å². The van der Waals surface area contributed by atoms with Gasteiger partial charge in [-0.3, -0.25) is 15.0 Å². The summed E-state index contributed by atoms with van der Waals surface area (Å²) in [6.45, 7) is 11.5. The Balaban J connectivity index is 1.27. The van der Waals surface area contributed by atoms with Crippen LogP contribution in [0.3, 0.4) is 0 Å². The minimum Gasteiger partial charge on any atom is -0.444 e. The minimum absolute atomic E-state index is 0.138. The first-order valence-electron chi connectivity index (χ1n) is 14.5. The number of imidazole rings is 1. The zero-order chi connectivity index (χ0) is 30.7. The predicted octanol–water partition coefficient (Wildman–Crippen LogP) is 7.29. The van der Waals surface area contributed by atoms with Crippen molar-refractivity contribution < 1.29 is 18.7 Å². The summed E-state index contributed by atoms with van der Waals surface area (Å²) in [6.07, 6.45) is 2.62. The van der Waals surface area contributed by atoms with Crippen LogP contribution in [0, 0.1) is 5.82 Å². The van der Waals surface area contributed by atoms with Crippen molar-refractivity contribution >= 4 is 40.5 Å². The monoisotopic (exact) mass is 583 g/mol. The van der Waals surface area contributed by atoms with Gasteiger partial charge in [-0.1, -0.05) is 36.4 Å². The van der Waals surface area contributed by atoms with Crippen molar-refractivity contribution in [2.24, 2.45) is 0 Å². The quantitative estimate of drug-likeness (QED) is 0.198. The van der Waals surface area contributed by atoms with Gasteiger partial charge in [0.15, 0.2) is 0 Å². The Bertz CT molecular complexity index is 1640. The number of aromatic nitrogens is 2. The Morgan fingerprint density at radius 1 is 1.00 bits per heavy atom. The number of hydrogen-bond acceptors (Lipinski definition) is 5. The molecular formula is C34H38FN5O3. The number of nitrogens with zero attached hydrogens (tertiary/aromatic N) is 2. The van der Waals surface area contributed by atoms with Crippen molar-refractivity contribution in [2.75, 3.05) is 23.7 Å². The highest BCUT2D eigenvalue weighted by Gasteiger charge is 2.37. The van der Waals surface area contributed by atoms with Crippen LogP contribution in [0.4, 0.5) is 20.6 Å². The zero-order valence-electron chi connectivity index (χ0n) is 25.1. The number of benzene rings is 3. The number of likely N-dealkylation sites (tertiary alicyclic amines) is 1. The molecule has 224 valence electrons. The third-order valence-corrected chi connectivity index (χ3v) is 7.51. The molecule has 2 amide bonds. The Morgan fingerprint density at radius 3 is 2.35 bits per heavy atom. The molecule has 2 atom stereocenters. The number of rotatable bonds is 7. The maximum atomic E-state index is 13.8. The van der Waals surface area contributed by atoms with Gasteiger partial charge in [0.1, 0.15) is 17.2 Å². The fraction of sp³-hybridized carbons (Fsp3) is 0.324. The summed E-state index contributed by atoms with van der Waals surface area (Å²) in [7, 11) is 0. The van der Waals surface area contributed by atoms with E-state index in [1.54, 1.807) is 57.2 Å². The van der Waals surface area contributed by atoms with Crippen molar-refractivity contribution in [2.45, 2.75) is 58.1 Å². The van der Waals surface area contributed by atoms with Crippen LogP contribution in [-0.4, -0.2) is 51.6 Å². The highest BCUT2D eigenvalue weighted by atomic mass is 19.1. The Labute approximate surface area is 251 Å². The van der Waals surface area contributed by atoms with E-state index in [1.165, 1.54) is 23.8 Å². The number of carbonyl (C=O) groups is 2. The topological polar surface area (TPSA) is 99.3 Å². The van der Waals surface area contributed by atoms with E-state index in [0.29, 0.717) is 22.9 Å². The van der Waals surface area contributed by atoms with Crippen molar-refractivity contribution in [3.8, 4) is 0 Å². The van der Waals surface area contributed by atoms with Gasteiger partial charge in [0.2, 0.25) is 5.91 Å². The summed E-state index contributed by atoms with van der Waals surface area (Å²) >= 11 is 0. The van der Waals surface area contributed by atoms with Crippen molar-refractivity contribution in [1.29, 1.82) is 0 Å². The Kier molecular flexibility index (Phi) is 8.64. The summed E-state index contributed by atoms with van der Waals surface area (Å²) in [5.41, 5.74) is 3.81. The lowest BCUT2D eigenvalue weighted by molar-refractivity contribution is -0.111. The number of para-hydroxylation sites is 2. The van der Waals surface area contributed by atoms with Gasteiger partial charge in [0.25, 0.3) is 0 Å². The number of hydrogen-bond donors (Lipinski definition) is 3. The molecular weight excluding hydrogens is 545 g/mol. The van der Waals surface area contributed by atoms with Crippen LogP contribution in [-0.2, 0) is 9.53 Å². The van der Waals surface area contributed by atoms with Gasteiger partial charge >= 0.3 is 6.09 Å². The van der Waals surface area contributed by atoms with Crippen LogP contribution in [0.1, 0.15) is 63.4 Å². The molecule has 4 aromatic rings. The Morgan fingerprint density at radius 2 is 1.67 bits per heavy atom. The molecule has 1 saturated heterocycles. The normalized spacial score (nSPS) is 17.6. The second kappa shape index (κ2) is 12.4. The molecule has 0 aliphatic carbocycles. The fourth-order valence-electron chi connectivity index (χ4n) is 5.36. The van der Waals surface area contributed by atoms with Crippen LogP contribution in [0.5, 0.6) is 0 Å². The molecule has 5 rings (SSSR count). The van der Waals surface area contributed by atoms with Crippen molar-refractivity contribution in [3.63, 3.8) is 0 Å². The molecule has 2 unspecified atom stereocenters. The van der Waals surface area contributed by atoms with E-state index in [2.05, 4.69) is 46.5 Å². The average Bonchev–Trinajstić information content (AvgIpc) is 3.57. The highest BCUT2D eigenvalue weighted by molar-refractivity contribution is 6.05. The van der Waals surface area contributed by atoms with Gasteiger partial charge < -0.3 is 15.0 Å². The number of H-pyrrole nitrogens is 1. The summed E-state index contributed by atoms with van der Waals surface area (Å²) in [5.74, 6) is 0.599. The highest BCUT2D eigenvalue weighted by Crippen LogP contribution is 2.40. The van der Waals surface area contributed by atoms with E-state index in [1.807, 2.05) is 12.1 Å². The standard InChI is InChI=1S/C34H38FN5O3/c1-21(2)40-19-25(26(20-40)32-37-29-16-15-24(35)18-30(29)38-32)23-13-10-22(11-14-23)12-17-31(41)36-27-8-6-7-9-28(27)39-33(42)43-34(3,4)5/h6-18,21,25-26H,19-20H2,1-5H3,(H,36,41)(H,37,38)(H,39,42)/b17-12+. The second-order valence-corrected chi connectivity index (χ2v) is 12.2. The second-order valence-electron chi connectivity index (χ2n) is 12.2. The first-order chi connectivity index (χ1) is 20.4. The first-order valence-corrected chi connectivity index (χ1v) is 14.5. The number of nitrogens with one attached hydrogen (secondary N) is 3. The molecule has 0 bridgehead atoms. The summed E-state index contributed by atoms with van der Waals surface area (Å²) < 4.78 is 19.1. The lowest BCUT2D eigenvalue weighted by Crippen LogP contribution is -2.28. The van der Waals surface area contributed by atoms with E-state index < -0.39 is 11.7 Å². The Hall–Kier alpha value is -4.50. The first kappa shape index (κ1) is 30.0. The maximum absolute atomic E-state index is 13.8. The van der Waals surface area contributed by atoms with Crippen LogP contribution in [0.2, 0.25) is 0 Å². The molecule has 1 aliphatic rings. The van der Waals surface area contributed by atoms with E-state index in [9.17, 15) is 14.0 Å². The number of halogens is 1. The van der Waals surface area contributed by atoms with E-state index in [-0.39, 0.29) is 23.6 Å². The van der Waals surface area contributed by atoms with Crippen molar-refractivity contribution in [3.05, 3.63) is 95.6 Å². The summed E-state index contributed by atoms with van der Waals surface area (Å²) in [4.78, 5) is 35.6. The predicted molar refractivity (Wildman–Crippen MR) is 169 cm³/mol. The van der Waals surface area contributed by atoms with E-state index in [0.717, 1.165) is 30.0 Å². The SMILES string of the molecule is CC(C)N1CC(c2ccc(/C=C/C(=O)Nc3ccccc3NC(=O)OC(C)(C)C)cc2)C(c2nc3cc(F)ccc3[nH]2)C1. The molecule has 0 spiro atoms. The smallest absolute Gasteiger partial charge is 0.412 e.